The van der Waals surface area contributed by atoms with Gasteiger partial charge < -0.3 is 9.63 Å². The van der Waals surface area contributed by atoms with E-state index in [0.717, 1.165) is 17.0 Å². The Balaban J connectivity index is 2.23. The molecule has 0 fully saturated rings. The van der Waals surface area contributed by atoms with E-state index in [4.69, 9.17) is 9.63 Å². The summed E-state index contributed by atoms with van der Waals surface area (Å²) in [6.07, 6.45) is -0.0266. The molecule has 0 bridgehead atoms. The van der Waals surface area contributed by atoms with E-state index in [9.17, 15) is 4.79 Å². The Labute approximate surface area is 116 Å². The predicted octanol–water partition coefficient (Wildman–Crippen LogP) is 1.68. The summed E-state index contributed by atoms with van der Waals surface area (Å²) in [5.74, 6) is 0.449. The van der Waals surface area contributed by atoms with Crippen molar-refractivity contribution in [1.82, 2.24) is 19.9 Å². The number of nitrogens with zero attached hydrogens (tertiary/aromatic N) is 4. The normalized spacial score (nSPS) is 11.2. The lowest BCUT2D eigenvalue weighted by Crippen LogP contribution is -2.07. The molecule has 0 aliphatic heterocycles. The Morgan fingerprint density at radius 3 is 2.65 bits per heavy atom. The highest BCUT2D eigenvalue weighted by molar-refractivity contribution is 5.70. The molecule has 20 heavy (non-hydrogen) atoms. The number of carboxylic acids is 1. The molecule has 0 saturated carbocycles. The maximum atomic E-state index is 10.8. The van der Waals surface area contributed by atoms with Gasteiger partial charge in [-0.25, -0.2) is 0 Å². The lowest BCUT2D eigenvalue weighted by atomic mass is 10.1. The van der Waals surface area contributed by atoms with Gasteiger partial charge in [-0.15, -0.1) is 0 Å². The van der Waals surface area contributed by atoms with Crippen molar-refractivity contribution in [2.45, 2.75) is 46.6 Å². The third kappa shape index (κ3) is 2.87. The van der Waals surface area contributed by atoms with Crippen molar-refractivity contribution >= 4 is 5.97 Å². The number of rotatable bonds is 5. The number of carbonyl (C=O) groups is 1. The highest BCUT2D eigenvalue weighted by Gasteiger charge is 2.16. The molecule has 2 aromatic rings. The van der Waals surface area contributed by atoms with Gasteiger partial charge in [-0.3, -0.25) is 9.48 Å². The van der Waals surface area contributed by atoms with Crippen LogP contribution < -0.4 is 0 Å². The quantitative estimate of drug-likeness (QED) is 0.894. The van der Waals surface area contributed by atoms with Crippen LogP contribution in [0.25, 0.3) is 0 Å². The molecule has 0 aromatic carbocycles. The third-order valence-electron chi connectivity index (χ3n) is 3.13. The zero-order chi connectivity index (χ0) is 14.9. The highest BCUT2D eigenvalue weighted by Crippen LogP contribution is 2.16. The van der Waals surface area contributed by atoms with Crippen LogP contribution in [-0.2, 0) is 17.8 Å². The number of hydrogen-bond acceptors (Lipinski definition) is 5. The van der Waals surface area contributed by atoms with Crippen LogP contribution in [0.1, 0.15) is 48.4 Å². The van der Waals surface area contributed by atoms with Crippen molar-refractivity contribution in [1.29, 1.82) is 0 Å². The summed E-state index contributed by atoms with van der Waals surface area (Å²) >= 11 is 0. The van der Waals surface area contributed by atoms with Gasteiger partial charge in [0, 0.05) is 17.2 Å². The van der Waals surface area contributed by atoms with Crippen LogP contribution in [0.5, 0.6) is 0 Å². The zero-order valence-corrected chi connectivity index (χ0v) is 12.0. The standard InChI is InChI=1S/C13H18N4O3/c1-7(2)13-14-11(16-20-13)6-17-9(4)10(5-12(18)19)8(3)15-17/h7H,5-6H2,1-4H3,(H,18,19). The molecule has 0 atom stereocenters. The number of carboxylic acid groups (broad SMARTS) is 1. The van der Waals surface area contributed by atoms with E-state index >= 15 is 0 Å². The largest absolute Gasteiger partial charge is 0.481 e. The van der Waals surface area contributed by atoms with Gasteiger partial charge in [0.15, 0.2) is 5.82 Å². The summed E-state index contributed by atoms with van der Waals surface area (Å²) < 4.78 is 6.85. The first-order valence-electron chi connectivity index (χ1n) is 6.45. The van der Waals surface area contributed by atoms with Gasteiger partial charge in [0.25, 0.3) is 0 Å². The SMILES string of the molecule is Cc1nn(Cc2noc(C(C)C)n2)c(C)c1CC(=O)O. The minimum atomic E-state index is -0.864. The zero-order valence-electron chi connectivity index (χ0n) is 12.0. The van der Waals surface area contributed by atoms with Crippen LogP contribution in [0.2, 0.25) is 0 Å². The average Bonchev–Trinajstić information content (AvgIpc) is 2.91. The van der Waals surface area contributed by atoms with Crippen molar-refractivity contribution in [2.75, 3.05) is 0 Å². The molecule has 0 spiro atoms. The Hall–Kier alpha value is -2.18. The lowest BCUT2D eigenvalue weighted by Gasteiger charge is -2.01. The Morgan fingerprint density at radius 1 is 1.40 bits per heavy atom. The second-order valence-corrected chi connectivity index (χ2v) is 5.08. The second kappa shape index (κ2) is 5.44. The molecule has 2 aromatic heterocycles. The summed E-state index contributed by atoms with van der Waals surface area (Å²) in [4.78, 5) is 15.1. The monoisotopic (exact) mass is 278 g/mol. The molecule has 2 heterocycles. The number of aliphatic carboxylic acids is 1. The maximum absolute atomic E-state index is 10.8. The molecule has 1 N–H and O–H groups in total. The summed E-state index contributed by atoms with van der Waals surface area (Å²) in [5, 5.41) is 17.2. The summed E-state index contributed by atoms with van der Waals surface area (Å²) in [5.41, 5.74) is 2.28. The highest BCUT2D eigenvalue weighted by atomic mass is 16.5. The minimum Gasteiger partial charge on any atom is -0.481 e. The van der Waals surface area contributed by atoms with Crippen LogP contribution in [0, 0.1) is 13.8 Å². The van der Waals surface area contributed by atoms with E-state index in [0.29, 0.717) is 18.3 Å². The molecule has 0 saturated heterocycles. The van der Waals surface area contributed by atoms with E-state index < -0.39 is 5.97 Å². The van der Waals surface area contributed by atoms with Gasteiger partial charge in [0.2, 0.25) is 5.89 Å². The van der Waals surface area contributed by atoms with E-state index in [1.54, 1.807) is 11.6 Å². The van der Waals surface area contributed by atoms with Crippen molar-refractivity contribution in [3.8, 4) is 0 Å². The fourth-order valence-corrected chi connectivity index (χ4v) is 2.00. The molecule has 108 valence electrons. The fraction of sp³-hybridized carbons (Fsp3) is 0.538. The van der Waals surface area contributed by atoms with Gasteiger partial charge >= 0.3 is 5.97 Å². The first-order chi connectivity index (χ1) is 9.38. The number of aromatic nitrogens is 4. The van der Waals surface area contributed by atoms with Crippen LogP contribution in [0.4, 0.5) is 0 Å². The molecule has 7 heteroatoms. The molecule has 7 nitrogen and oxygen atoms in total. The van der Waals surface area contributed by atoms with Crippen molar-refractivity contribution in [2.24, 2.45) is 0 Å². The smallest absolute Gasteiger partial charge is 0.307 e. The van der Waals surface area contributed by atoms with Crippen LogP contribution in [0.15, 0.2) is 4.52 Å². The first kappa shape index (κ1) is 14.2. The predicted molar refractivity (Wildman–Crippen MR) is 70.5 cm³/mol. The number of hydrogen-bond donors (Lipinski definition) is 1. The van der Waals surface area contributed by atoms with Gasteiger partial charge in [-0.2, -0.15) is 10.1 Å². The van der Waals surface area contributed by atoms with E-state index in [2.05, 4.69) is 15.2 Å². The molecule has 0 aliphatic carbocycles. The lowest BCUT2D eigenvalue weighted by molar-refractivity contribution is -0.136. The first-order valence-corrected chi connectivity index (χ1v) is 6.45. The van der Waals surface area contributed by atoms with Gasteiger partial charge in [-0.05, 0) is 13.8 Å². The Bertz CT molecular complexity index is 628. The van der Waals surface area contributed by atoms with Gasteiger partial charge in [0.1, 0.15) is 6.54 Å². The molecule has 0 radical (unpaired) electrons. The van der Waals surface area contributed by atoms with Gasteiger partial charge in [0.05, 0.1) is 12.1 Å². The molecular formula is C13H18N4O3. The number of aryl methyl sites for hydroxylation is 1. The average molecular weight is 278 g/mol. The maximum Gasteiger partial charge on any atom is 0.307 e. The third-order valence-corrected chi connectivity index (χ3v) is 3.13. The molecule has 0 unspecified atom stereocenters. The van der Waals surface area contributed by atoms with Crippen molar-refractivity contribution in [3.05, 3.63) is 28.7 Å². The van der Waals surface area contributed by atoms with Crippen molar-refractivity contribution in [3.63, 3.8) is 0 Å². The Kier molecular flexibility index (Phi) is 3.87. The molecular weight excluding hydrogens is 260 g/mol. The molecule has 0 aliphatic rings. The summed E-state index contributed by atoms with van der Waals surface area (Å²) in [6, 6.07) is 0. The van der Waals surface area contributed by atoms with E-state index in [1.807, 2.05) is 20.8 Å². The molecule has 0 amide bonds. The summed E-state index contributed by atoms with van der Waals surface area (Å²) in [6.45, 7) is 7.99. The van der Waals surface area contributed by atoms with Crippen LogP contribution in [0.3, 0.4) is 0 Å². The van der Waals surface area contributed by atoms with Crippen LogP contribution in [-0.4, -0.2) is 31.0 Å². The van der Waals surface area contributed by atoms with Crippen LogP contribution >= 0.6 is 0 Å². The van der Waals surface area contributed by atoms with E-state index in [1.165, 1.54) is 0 Å². The Morgan fingerprint density at radius 2 is 2.10 bits per heavy atom. The minimum absolute atomic E-state index is 0.0266. The fourth-order valence-electron chi connectivity index (χ4n) is 2.00. The second-order valence-electron chi connectivity index (χ2n) is 5.08. The topological polar surface area (TPSA) is 94.0 Å². The van der Waals surface area contributed by atoms with E-state index in [-0.39, 0.29) is 12.3 Å². The van der Waals surface area contributed by atoms with Gasteiger partial charge in [-0.1, -0.05) is 19.0 Å². The molecule has 2 rings (SSSR count). The summed E-state index contributed by atoms with van der Waals surface area (Å²) in [7, 11) is 0. The van der Waals surface area contributed by atoms with Crippen molar-refractivity contribution < 1.29 is 14.4 Å².